The number of carbonyl (C=O) groups excluding carboxylic acids is 2. The summed E-state index contributed by atoms with van der Waals surface area (Å²) in [7, 11) is 1.91. The van der Waals surface area contributed by atoms with E-state index < -0.39 is 5.25 Å². The summed E-state index contributed by atoms with van der Waals surface area (Å²) in [5.41, 5.74) is 3.88. The van der Waals surface area contributed by atoms with Gasteiger partial charge >= 0.3 is 0 Å². The molecule has 1 fully saturated rings. The van der Waals surface area contributed by atoms with Gasteiger partial charge in [-0.25, -0.2) is 4.98 Å². The van der Waals surface area contributed by atoms with Crippen LogP contribution in [-0.4, -0.2) is 31.1 Å². The molecule has 4 aromatic rings. The van der Waals surface area contributed by atoms with E-state index in [1.54, 1.807) is 19.9 Å². The van der Waals surface area contributed by atoms with Crippen LogP contribution >= 0.6 is 35.8 Å². The van der Waals surface area contributed by atoms with E-state index in [2.05, 4.69) is 10.3 Å². The highest BCUT2D eigenvalue weighted by Crippen LogP contribution is 2.39. The molecule has 38 heavy (non-hydrogen) atoms. The van der Waals surface area contributed by atoms with Crippen molar-refractivity contribution in [2.75, 3.05) is 0 Å². The normalized spacial score (nSPS) is 14.9. The molecule has 2 N–H and O–H groups in total. The summed E-state index contributed by atoms with van der Waals surface area (Å²) in [6.07, 6.45) is 0.478. The Balaban J connectivity index is 0.00000336. The van der Waals surface area contributed by atoms with Crippen LogP contribution in [-0.2, 0) is 24.9 Å². The molecule has 5 rings (SSSR count). The van der Waals surface area contributed by atoms with Crippen molar-refractivity contribution < 1.29 is 24.2 Å². The summed E-state index contributed by atoms with van der Waals surface area (Å²) in [6, 6.07) is 14.8. The van der Waals surface area contributed by atoms with E-state index in [0.717, 1.165) is 34.2 Å². The van der Waals surface area contributed by atoms with Gasteiger partial charge < -0.3 is 19.1 Å². The molecule has 2 amide bonds. The highest BCUT2D eigenvalue weighted by atomic mass is 35.5. The molecule has 0 saturated carbocycles. The number of imidazole rings is 1. The van der Waals surface area contributed by atoms with Crippen molar-refractivity contribution in [3.8, 4) is 23.0 Å². The second-order valence-corrected chi connectivity index (χ2v) is 10.4. The van der Waals surface area contributed by atoms with E-state index in [9.17, 15) is 14.7 Å². The van der Waals surface area contributed by atoms with Crippen LogP contribution in [0.2, 0.25) is 5.02 Å². The number of hydrogen-bond donors (Lipinski definition) is 2. The van der Waals surface area contributed by atoms with Crippen LogP contribution in [0.15, 0.2) is 48.5 Å². The van der Waals surface area contributed by atoms with Crippen LogP contribution in [0, 0.1) is 13.8 Å². The maximum Gasteiger partial charge on any atom is 0.286 e. The Morgan fingerprint density at radius 3 is 2.50 bits per heavy atom. The van der Waals surface area contributed by atoms with Crippen molar-refractivity contribution in [3.63, 3.8) is 0 Å². The second-order valence-electron chi connectivity index (χ2n) is 8.84. The van der Waals surface area contributed by atoms with Gasteiger partial charge in [-0.15, -0.1) is 12.4 Å². The molecule has 0 radical (unpaired) electrons. The number of fused-ring (bicyclic) bond motifs is 1. The molecule has 0 spiro atoms. The number of benzene rings is 3. The predicted octanol–water partition coefficient (Wildman–Crippen LogP) is 6.24. The molecule has 1 aromatic heterocycles. The van der Waals surface area contributed by atoms with Crippen LogP contribution in [0.3, 0.4) is 0 Å². The standard InChI is InChI=1S/C27H24ClN3O5S.ClH/c1-14-10-21(24(28)15(2)25(14)32)36-18-8-9-19-20(12-18)31(3)23(29-19)13-35-17-6-4-16(5-7-17)11-22-26(33)30-27(34)37-22;/h4-10,12,22,32H,11,13H2,1-3H3,(H,30,33,34);1H. The Labute approximate surface area is 234 Å². The number of amides is 2. The smallest absolute Gasteiger partial charge is 0.286 e. The minimum Gasteiger partial charge on any atom is -0.507 e. The Kier molecular flexibility index (Phi) is 8.10. The van der Waals surface area contributed by atoms with Crippen molar-refractivity contribution in [2.45, 2.75) is 32.1 Å². The van der Waals surface area contributed by atoms with Gasteiger partial charge in [0.25, 0.3) is 5.24 Å². The summed E-state index contributed by atoms with van der Waals surface area (Å²) in [5.74, 6) is 2.40. The fourth-order valence-electron chi connectivity index (χ4n) is 4.14. The predicted molar refractivity (Wildman–Crippen MR) is 150 cm³/mol. The fourth-order valence-corrected chi connectivity index (χ4v) is 5.18. The molecule has 2 heterocycles. The van der Waals surface area contributed by atoms with Crippen molar-refractivity contribution in [3.05, 3.63) is 76.1 Å². The van der Waals surface area contributed by atoms with Crippen molar-refractivity contribution in [1.82, 2.24) is 14.9 Å². The lowest BCUT2D eigenvalue weighted by atomic mass is 10.1. The van der Waals surface area contributed by atoms with Gasteiger partial charge in [-0.05, 0) is 61.7 Å². The summed E-state index contributed by atoms with van der Waals surface area (Å²) >= 11 is 7.41. The Bertz CT molecular complexity index is 1540. The quantitative estimate of drug-likeness (QED) is 0.270. The van der Waals surface area contributed by atoms with E-state index >= 15 is 0 Å². The number of imide groups is 1. The van der Waals surface area contributed by atoms with E-state index in [1.165, 1.54) is 0 Å². The number of aromatic hydroxyl groups is 1. The molecular formula is C27H25Cl2N3O5S. The first-order chi connectivity index (χ1) is 17.7. The second kappa shape index (κ2) is 11.1. The van der Waals surface area contributed by atoms with Gasteiger partial charge in [-0.3, -0.25) is 14.9 Å². The number of carbonyl (C=O) groups is 2. The lowest BCUT2D eigenvalue weighted by molar-refractivity contribution is -0.118. The van der Waals surface area contributed by atoms with Gasteiger partial charge in [0.05, 0.1) is 21.3 Å². The minimum absolute atomic E-state index is 0. The van der Waals surface area contributed by atoms with Crippen LogP contribution < -0.4 is 14.8 Å². The van der Waals surface area contributed by atoms with Gasteiger partial charge in [0.1, 0.15) is 35.4 Å². The van der Waals surface area contributed by atoms with Gasteiger partial charge in [-0.1, -0.05) is 35.5 Å². The Hall–Kier alpha value is -3.40. The number of phenols is 1. The maximum absolute atomic E-state index is 11.8. The number of nitrogens with zero attached hydrogens (tertiary/aromatic N) is 2. The zero-order valence-electron chi connectivity index (χ0n) is 20.8. The van der Waals surface area contributed by atoms with Crippen LogP contribution in [0.1, 0.15) is 22.5 Å². The lowest BCUT2D eigenvalue weighted by Gasteiger charge is -2.13. The van der Waals surface area contributed by atoms with Crippen LogP contribution in [0.4, 0.5) is 4.79 Å². The summed E-state index contributed by atoms with van der Waals surface area (Å²) in [4.78, 5) is 27.8. The van der Waals surface area contributed by atoms with E-state index in [0.29, 0.717) is 39.8 Å². The number of phenolic OH excluding ortho intramolecular Hbond substituents is 1. The number of halogens is 2. The molecule has 3 aromatic carbocycles. The molecule has 1 aliphatic heterocycles. The molecule has 1 saturated heterocycles. The summed E-state index contributed by atoms with van der Waals surface area (Å²) < 4.78 is 13.9. The zero-order chi connectivity index (χ0) is 26.3. The van der Waals surface area contributed by atoms with E-state index in [-0.39, 0.29) is 35.9 Å². The van der Waals surface area contributed by atoms with E-state index in [1.807, 2.05) is 54.1 Å². The van der Waals surface area contributed by atoms with Crippen molar-refractivity contribution in [2.24, 2.45) is 7.05 Å². The largest absolute Gasteiger partial charge is 0.507 e. The fraction of sp³-hybridized carbons (Fsp3) is 0.222. The number of aryl methyl sites for hydroxylation is 2. The molecule has 0 aliphatic carbocycles. The number of rotatable bonds is 7. The highest BCUT2D eigenvalue weighted by molar-refractivity contribution is 8.15. The zero-order valence-corrected chi connectivity index (χ0v) is 23.2. The average Bonchev–Trinajstić information content (AvgIpc) is 3.37. The molecular weight excluding hydrogens is 549 g/mol. The minimum atomic E-state index is -0.397. The van der Waals surface area contributed by atoms with Crippen molar-refractivity contribution in [1.29, 1.82) is 0 Å². The van der Waals surface area contributed by atoms with Crippen LogP contribution in [0.25, 0.3) is 11.0 Å². The molecule has 1 atom stereocenters. The first-order valence-electron chi connectivity index (χ1n) is 11.5. The third-order valence-electron chi connectivity index (χ3n) is 6.27. The average molecular weight is 574 g/mol. The molecule has 198 valence electrons. The molecule has 1 unspecified atom stereocenters. The van der Waals surface area contributed by atoms with Crippen molar-refractivity contribution >= 4 is 57.9 Å². The number of ether oxygens (including phenoxy) is 2. The first-order valence-corrected chi connectivity index (χ1v) is 12.8. The van der Waals surface area contributed by atoms with Gasteiger partial charge in [0.2, 0.25) is 5.91 Å². The third-order valence-corrected chi connectivity index (χ3v) is 7.73. The highest BCUT2D eigenvalue weighted by Gasteiger charge is 2.31. The molecule has 1 aliphatic rings. The van der Waals surface area contributed by atoms with Gasteiger partial charge in [0, 0.05) is 18.7 Å². The SMILES string of the molecule is Cc1cc(Oc2ccc3nc(COc4ccc(CC5SC(=O)NC5=O)cc4)n(C)c3c2)c(Cl)c(C)c1O.Cl. The van der Waals surface area contributed by atoms with E-state index in [4.69, 9.17) is 21.1 Å². The molecule has 11 heteroatoms. The topological polar surface area (TPSA) is 103 Å². The number of nitrogens with one attached hydrogen (secondary N) is 1. The first kappa shape index (κ1) is 27.6. The Morgan fingerprint density at radius 1 is 1.11 bits per heavy atom. The maximum atomic E-state index is 11.8. The van der Waals surface area contributed by atoms with Gasteiger partial charge in [0.15, 0.2) is 0 Å². The molecule has 0 bridgehead atoms. The monoisotopic (exact) mass is 573 g/mol. The van der Waals surface area contributed by atoms with Gasteiger partial charge in [-0.2, -0.15) is 0 Å². The lowest BCUT2D eigenvalue weighted by Crippen LogP contribution is -2.25. The summed E-state index contributed by atoms with van der Waals surface area (Å²) in [6.45, 7) is 3.81. The Morgan fingerprint density at radius 2 is 1.82 bits per heavy atom. The molecule has 8 nitrogen and oxygen atoms in total. The third kappa shape index (κ3) is 5.55. The summed E-state index contributed by atoms with van der Waals surface area (Å²) in [5, 5.41) is 12.1. The number of hydrogen-bond acceptors (Lipinski definition) is 7. The number of aromatic nitrogens is 2. The van der Waals surface area contributed by atoms with Crippen LogP contribution in [0.5, 0.6) is 23.0 Å². The number of thioether (sulfide) groups is 1.